The maximum absolute atomic E-state index is 13.2. The molecule has 2 aliphatic rings. The molecule has 0 saturated carbocycles. The van der Waals surface area contributed by atoms with Gasteiger partial charge in [0, 0.05) is 19.1 Å². The molecule has 0 bridgehead atoms. The summed E-state index contributed by atoms with van der Waals surface area (Å²) in [5.74, 6) is -2.31. The lowest BCUT2D eigenvalue weighted by Crippen LogP contribution is -2.60. The Hall–Kier alpha value is -2.66. The molecular weight excluding hydrogens is 438 g/mol. The standard InChI is InChI=1S/C21H29N3O7S/c1-4-30-19(26)16-17(31-20(22)27)18(25)24(14(2)3)21(16)10-12-23(13-11-21)32(28,29)15-8-6-5-7-9-15/h5-9,14,16-17H,4,10-13H2,1-3H3,(H2,22,27)/t16-,17+/m0/s1. The minimum Gasteiger partial charge on any atom is -0.466 e. The topological polar surface area (TPSA) is 136 Å². The fourth-order valence-corrected chi connectivity index (χ4v) is 6.39. The van der Waals surface area contributed by atoms with E-state index in [1.54, 1.807) is 39.0 Å². The number of nitrogens with zero attached hydrogens (tertiary/aromatic N) is 2. The Labute approximate surface area is 187 Å². The normalized spacial score (nSPS) is 23.5. The van der Waals surface area contributed by atoms with Crippen molar-refractivity contribution in [2.24, 2.45) is 11.7 Å². The molecule has 0 aliphatic carbocycles. The fourth-order valence-electron chi connectivity index (χ4n) is 4.93. The summed E-state index contributed by atoms with van der Waals surface area (Å²) >= 11 is 0. The van der Waals surface area contributed by atoms with E-state index in [2.05, 4.69) is 0 Å². The Kier molecular flexibility index (Phi) is 6.80. The van der Waals surface area contributed by atoms with Crippen LogP contribution in [-0.2, 0) is 29.1 Å². The first-order chi connectivity index (χ1) is 15.1. The molecule has 0 radical (unpaired) electrons. The minimum absolute atomic E-state index is 0.0824. The van der Waals surface area contributed by atoms with E-state index in [9.17, 15) is 22.8 Å². The summed E-state index contributed by atoms with van der Waals surface area (Å²) in [6.07, 6.45) is -2.20. The molecule has 2 heterocycles. The van der Waals surface area contributed by atoms with Gasteiger partial charge in [0.05, 0.1) is 17.0 Å². The number of sulfonamides is 1. The molecule has 3 rings (SSSR count). The van der Waals surface area contributed by atoms with Gasteiger partial charge in [0.2, 0.25) is 10.0 Å². The Morgan fingerprint density at radius 1 is 1.19 bits per heavy atom. The average molecular weight is 468 g/mol. The second kappa shape index (κ2) is 9.07. The van der Waals surface area contributed by atoms with Crippen molar-refractivity contribution in [3.63, 3.8) is 0 Å². The van der Waals surface area contributed by atoms with Crippen molar-refractivity contribution < 1.29 is 32.3 Å². The van der Waals surface area contributed by atoms with Gasteiger partial charge in [0.1, 0.15) is 5.92 Å². The van der Waals surface area contributed by atoms with Crippen LogP contribution in [0.2, 0.25) is 0 Å². The molecule has 1 aromatic carbocycles. The van der Waals surface area contributed by atoms with Crippen LogP contribution in [0.25, 0.3) is 0 Å². The molecule has 2 atom stereocenters. The van der Waals surface area contributed by atoms with Gasteiger partial charge in [-0.2, -0.15) is 4.31 Å². The molecule has 176 valence electrons. The first kappa shape index (κ1) is 24.0. The second-order valence-electron chi connectivity index (χ2n) is 8.21. The van der Waals surface area contributed by atoms with E-state index in [4.69, 9.17) is 15.2 Å². The highest BCUT2D eigenvalue weighted by atomic mass is 32.2. The molecule has 2 aliphatic heterocycles. The maximum Gasteiger partial charge on any atom is 0.405 e. The molecule has 10 nitrogen and oxygen atoms in total. The van der Waals surface area contributed by atoms with Crippen LogP contribution in [-0.4, -0.2) is 73.0 Å². The number of amides is 2. The third kappa shape index (κ3) is 4.06. The van der Waals surface area contributed by atoms with Crippen LogP contribution in [0.1, 0.15) is 33.6 Å². The van der Waals surface area contributed by atoms with Gasteiger partial charge in [-0.05, 0) is 45.7 Å². The molecule has 2 N–H and O–H groups in total. The molecule has 2 fully saturated rings. The van der Waals surface area contributed by atoms with Crippen LogP contribution in [0.4, 0.5) is 4.79 Å². The number of likely N-dealkylation sites (tertiary alicyclic amines) is 1. The van der Waals surface area contributed by atoms with Gasteiger partial charge in [-0.15, -0.1) is 0 Å². The SMILES string of the molecule is CCOC(=O)[C@@H]1[C@@H](OC(N)=O)C(=O)N(C(C)C)C12CCN(S(=O)(=O)c1ccccc1)CC2. The second-order valence-corrected chi connectivity index (χ2v) is 10.1. The van der Waals surface area contributed by atoms with Crippen LogP contribution >= 0.6 is 0 Å². The van der Waals surface area contributed by atoms with Crippen molar-refractivity contribution in [2.75, 3.05) is 19.7 Å². The van der Waals surface area contributed by atoms with Crippen molar-refractivity contribution in [1.29, 1.82) is 0 Å². The first-order valence-corrected chi connectivity index (χ1v) is 12.0. The van der Waals surface area contributed by atoms with Gasteiger partial charge in [0.15, 0.2) is 6.10 Å². The number of nitrogens with two attached hydrogens (primary N) is 1. The van der Waals surface area contributed by atoms with Crippen molar-refractivity contribution in [3.05, 3.63) is 30.3 Å². The summed E-state index contributed by atoms with van der Waals surface area (Å²) in [4.78, 5) is 39.4. The van der Waals surface area contributed by atoms with Gasteiger partial charge in [-0.25, -0.2) is 13.2 Å². The highest BCUT2D eigenvalue weighted by Crippen LogP contribution is 2.47. The Bertz CT molecular complexity index is 972. The summed E-state index contributed by atoms with van der Waals surface area (Å²) in [6.45, 7) is 5.49. The summed E-state index contributed by atoms with van der Waals surface area (Å²) in [6, 6.07) is 7.76. The van der Waals surface area contributed by atoms with Gasteiger partial charge >= 0.3 is 12.1 Å². The number of hydrogen-bond donors (Lipinski definition) is 1. The van der Waals surface area contributed by atoms with E-state index in [-0.39, 0.29) is 43.5 Å². The predicted octanol–water partition coefficient (Wildman–Crippen LogP) is 1.10. The Morgan fingerprint density at radius 2 is 1.78 bits per heavy atom. The lowest BCUT2D eigenvalue weighted by atomic mass is 9.76. The van der Waals surface area contributed by atoms with Crippen LogP contribution in [0.3, 0.4) is 0 Å². The number of rotatable bonds is 6. The van der Waals surface area contributed by atoms with Gasteiger partial charge in [0.25, 0.3) is 5.91 Å². The number of esters is 1. The third-order valence-corrected chi connectivity index (χ3v) is 8.02. The van der Waals surface area contributed by atoms with E-state index in [0.29, 0.717) is 0 Å². The summed E-state index contributed by atoms with van der Waals surface area (Å²) < 4.78 is 37.8. The van der Waals surface area contributed by atoms with E-state index in [0.717, 1.165) is 0 Å². The largest absolute Gasteiger partial charge is 0.466 e. The quantitative estimate of drug-likeness (QED) is 0.619. The number of carbonyl (C=O) groups is 3. The van der Waals surface area contributed by atoms with E-state index < -0.39 is 45.6 Å². The predicted molar refractivity (Wildman–Crippen MR) is 114 cm³/mol. The van der Waals surface area contributed by atoms with Crippen molar-refractivity contribution >= 4 is 28.0 Å². The van der Waals surface area contributed by atoms with Crippen LogP contribution < -0.4 is 5.73 Å². The van der Waals surface area contributed by atoms with Gasteiger partial charge in [-0.1, -0.05) is 18.2 Å². The molecule has 1 spiro atoms. The van der Waals surface area contributed by atoms with Gasteiger partial charge in [-0.3, -0.25) is 9.59 Å². The molecule has 2 saturated heterocycles. The lowest BCUT2D eigenvalue weighted by Gasteiger charge is -2.47. The van der Waals surface area contributed by atoms with E-state index >= 15 is 0 Å². The molecule has 11 heteroatoms. The average Bonchev–Trinajstić information content (AvgIpc) is 2.96. The van der Waals surface area contributed by atoms with Crippen LogP contribution in [0.15, 0.2) is 35.2 Å². The number of piperidine rings is 1. The van der Waals surface area contributed by atoms with Crippen LogP contribution in [0, 0.1) is 5.92 Å². The molecule has 0 aromatic heterocycles. The summed E-state index contributed by atoms with van der Waals surface area (Å²) in [7, 11) is -3.73. The number of hydrogen-bond acceptors (Lipinski definition) is 7. The maximum atomic E-state index is 13.2. The molecule has 0 unspecified atom stereocenters. The summed E-state index contributed by atoms with van der Waals surface area (Å²) in [5.41, 5.74) is 4.13. The van der Waals surface area contributed by atoms with Crippen molar-refractivity contribution in [1.82, 2.24) is 9.21 Å². The zero-order chi connectivity index (χ0) is 23.7. The molecule has 2 amide bonds. The van der Waals surface area contributed by atoms with Gasteiger partial charge < -0.3 is 20.1 Å². The van der Waals surface area contributed by atoms with E-state index in [1.807, 2.05) is 0 Å². The highest BCUT2D eigenvalue weighted by Gasteiger charge is 2.65. The van der Waals surface area contributed by atoms with Crippen molar-refractivity contribution in [2.45, 2.75) is 56.2 Å². The molecule has 1 aromatic rings. The number of primary amides is 1. The minimum atomic E-state index is -3.73. The zero-order valence-electron chi connectivity index (χ0n) is 18.4. The van der Waals surface area contributed by atoms with Crippen LogP contribution in [0.5, 0.6) is 0 Å². The highest BCUT2D eigenvalue weighted by molar-refractivity contribution is 7.89. The van der Waals surface area contributed by atoms with E-state index in [1.165, 1.54) is 21.3 Å². The van der Waals surface area contributed by atoms with Crippen molar-refractivity contribution in [3.8, 4) is 0 Å². The Morgan fingerprint density at radius 3 is 2.28 bits per heavy atom. The molecular formula is C21H29N3O7S. The molecule has 32 heavy (non-hydrogen) atoms. The fraction of sp³-hybridized carbons (Fsp3) is 0.571. The number of benzene rings is 1. The first-order valence-electron chi connectivity index (χ1n) is 10.6. The lowest BCUT2D eigenvalue weighted by molar-refractivity contribution is -0.156. The Balaban J connectivity index is 1.97. The monoisotopic (exact) mass is 467 g/mol. The third-order valence-electron chi connectivity index (χ3n) is 6.11. The summed E-state index contributed by atoms with van der Waals surface area (Å²) in [5, 5.41) is 0. The number of ether oxygens (including phenoxy) is 2. The zero-order valence-corrected chi connectivity index (χ0v) is 19.2. The smallest absolute Gasteiger partial charge is 0.405 e. The number of carbonyl (C=O) groups excluding carboxylic acids is 3.